The number of benzene rings is 1. The van der Waals surface area contributed by atoms with Gasteiger partial charge in [0.05, 0.1) is 5.60 Å². The van der Waals surface area contributed by atoms with Crippen LogP contribution in [0.4, 0.5) is 5.82 Å². The fraction of sp³-hybridized carbons (Fsp3) is 0.389. The average Bonchev–Trinajstić information content (AvgIpc) is 2.59. The number of ether oxygens (including phenoxy) is 2. The lowest BCUT2D eigenvalue weighted by Crippen LogP contribution is -2.55. The Labute approximate surface area is 141 Å². The van der Waals surface area contributed by atoms with Gasteiger partial charge in [-0.2, -0.15) is 5.26 Å². The Morgan fingerprint density at radius 3 is 2.79 bits per heavy atom. The lowest BCUT2D eigenvalue weighted by atomic mass is 10.1. The first kappa shape index (κ1) is 16.2. The Kier molecular flexibility index (Phi) is 4.63. The van der Waals surface area contributed by atoms with E-state index in [1.165, 1.54) is 6.20 Å². The summed E-state index contributed by atoms with van der Waals surface area (Å²) >= 11 is 0. The van der Waals surface area contributed by atoms with Gasteiger partial charge in [0.25, 0.3) is 0 Å². The van der Waals surface area contributed by atoms with Gasteiger partial charge >= 0.3 is 0 Å². The molecule has 2 heterocycles. The molecule has 1 aliphatic rings. The molecule has 1 fully saturated rings. The molecule has 0 N–H and O–H groups in total. The summed E-state index contributed by atoms with van der Waals surface area (Å²) in [5.74, 6) is 1.41. The van der Waals surface area contributed by atoms with Crippen LogP contribution in [-0.2, 0) is 4.74 Å². The van der Waals surface area contributed by atoms with Crippen LogP contribution in [0.3, 0.4) is 0 Å². The van der Waals surface area contributed by atoms with Crippen LogP contribution in [-0.4, -0.2) is 41.4 Å². The molecule has 2 aromatic rings. The molecule has 1 aromatic carbocycles. The highest BCUT2D eigenvalue weighted by Crippen LogP contribution is 2.26. The van der Waals surface area contributed by atoms with Gasteiger partial charge in [-0.1, -0.05) is 18.2 Å². The largest absolute Gasteiger partial charge is 0.491 e. The normalized spacial score (nSPS) is 19.5. The van der Waals surface area contributed by atoms with Gasteiger partial charge < -0.3 is 14.4 Å². The van der Waals surface area contributed by atoms with Crippen molar-refractivity contribution in [1.82, 2.24) is 9.97 Å². The number of rotatable bonds is 4. The summed E-state index contributed by atoms with van der Waals surface area (Å²) in [5, 5.41) is 9.26. The molecule has 0 saturated carbocycles. The van der Waals surface area contributed by atoms with Crippen LogP contribution in [0.2, 0.25) is 0 Å². The van der Waals surface area contributed by atoms with Crippen LogP contribution in [0.25, 0.3) is 0 Å². The molecule has 0 amide bonds. The van der Waals surface area contributed by atoms with Gasteiger partial charge in [-0.05, 0) is 26.0 Å². The fourth-order valence-electron chi connectivity index (χ4n) is 2.89. The molecule has 0 aliphatic carbocycles. The maximum absolute atomic E-state index is 9.26. The number of morpholine rings is 1. The van der Waals surface area contributed by atoms with E-state index >= 15 is 0 Å². The number of hydrogen-bond acceptors (Lipinski definition) is 6. The zero-order chi connectivity index (χ0) is 17.0. The summed E-state index contributed by atoms with van der Waals surface area (Å²) in [4.78, 5) is 10.5. The molecule has 6 nitrogen and oxygen atoms in total. The molecule has 1 aromatic heterocycles. The van der Waals surface area contributed by atoms with E-state index in [2.05, 4.69) is 16.0 Å². The van der Waals surface area contributed by atoms with Crippen molar-refractivity contribution in [3.05, 3.63) is 48.4 Å². The monoisotopic (exact) mass is 324 g/mol. The molecule has 1 aliphatic heterocycles. The van der Waals surface area contributed by atoms with Crippen LogP contribution in [0.15, 0.2) is 42.7 Å². The lowest BCUT2D eigenvalue weighted by molar-refractivity contribution is -0.0972. The van der Waals surface area contributed by atoms with E-state index in [1.807, 2.05) is 49.1 Å². The van der Waals surface area contributed by atoms with Crippen molar-refractivity contribution in [3.63, 3.8) is 0 Å². The summed E-state index contributed by atoms with van der Waals surface area (Å²) in [6.07, 6.45) is 3.01. The predicted octanol–water partition coefficient (Wildman–Crippen LogP) is 2.41. The quantitative estimate of drug-likeness (QED) is 0.860. The maximum atomic E-state index is 9.26. The molecule has 24 heavy (non-hydrogen) atoms. The minimum Gasteiger partial charge on any atom is -0.491 e. The van der Waals surface area contributed by atoms with Crippen molar-refractivity contribution in [2.45, 2.75) is 25.6 Å². The van der Waals surface area contributed by atoms with E-state index in [4.69, 9.17) is 9.47 Å². The molecular formula is C18H20N4O2. The molecule has 1 unspecified atom stereocenters. The highest BCUT2D eigenvalue weighted by atomic mass is 16.5. The second-order valence-corrected chi connectivity index (χ2v) is 6.34. The van der Waals surface area contributed by atoms with E-state index in [0.29, 0.717) is 31.2 Å². The lowest BCUT2D eigenvalue weighted by Gasteiger charge is -2.43. The molecule has 0 spiro atoms. The number of aromatic nitrogens is 2. The first-order valence-corrected chi connectivity index (χ1v) is 7.89. The van der Waals surface area contributed by atoms with Gasteiger partial charge in [0, 0.05) is 25.5 Å². The molecule has 1 atom stereocenters. The van der Waals surface area contributed by atoms with E-state index in [0.717, 1.165) is 5.75 Å². The highest BCUT2D eigenvalue weighted by Gasteiger charge is 2.35. The smallest absolute Gasteiger partial charge is 0.183 e. The summed E-state index contributed by atoms with van der Waals surface area (Å²) in [5.41, 5.74) is -0.0364. The maximum Gasteiger partial charge on any atom is 0.183 e. The predicted molar refractivity (Wildman–Crippen MR) is 89.8 cm³/mol. The Hall–Kier alpha value is -2.65. The molecule has 124 valence electrons. The Morgan fingerprint density at radius 1 is 1.29 bits per heavy atom. The van der Waals surface area contributed by atoms with Gasteiger partial charge in [0.2, 0.25) is 0 Å². The van der Waals surface area contributed by atoms with E-state index < -0.39 is 0 Å². The van der Waals surface area contributed by atoms with E-state index in [1.54, 1.807) is 6.20 Å². The van der Waals surface area contributed by atoms with Gasteiger partial charge in [0.15, 0.2) is 11.5 Å². The number of nitrogens with zero attached hydrogens (tertiary/aromatic N) is 4. The van der Waals surface area contributed by atoms with Gasteiger partial charge in [-0.25, -0.2) is 9.97 Å². The topological polar surface area (TPSA) is 71.3 Å². The van der Waals surface area contributed by atoms with Crippen LogP contribution < -0.4 is 9.64 Å². The third-order valence-corrected chi connectivity index (χ3v) is 3.74. The molecule has 0 radical (unpaired) electrons. The minimum atomic E-state index is -0.368. The fourth-order valence-corrected chi connectivity index (χ4v) is 2.89. The molecule has 0 bridgehead atoms. The Morgan fingerprint density at radius 2 is 2.04 bits per heavy atom. The van der Waals surface area contributed by atoms with Crippen molar-refractivity contribution < 1.29 is 9.47 Å². The first-order valence-electron chi connectivity index (χ1n) is 7.89. The second-order valence-electron chi connectivity index (χ2n) is 6.34. The van der Waals surface area contributed by atoms with Crippen LogP contribution in [0.1, 0.15) is 19.5 Å². The first-order chi connectivity index (χ1) is 11.6. The number of anilines is 1. The van der Waals surface area contributed by atoms with Crippen molar-refractivity contribution in [3.8, 4) is 11.8 Å². The van der Waals surface area contributed by atoms with Crippen LogP contribution in [0.5, 0.6) is 5.75 Å². The third-order valence-electron chi connectivity index (χ3n) is 3.74. The summed E-state index contributed by atoms with van der Waals surface area (Å²) in [7, 11) is 0. The minimum absolute atomic E-state index is 0.123. The van der Waals surface area contributed by atoms with Crippen molar-refractivity contribution in [2.24, 2.45) is 0 Å². The average molecular weight is 324 g/mol. The summed E-state index contributed by atoms with van der Waals surface area (Å²) < 4.78 is 11.9. The second kappa shape index (κ2) is 6.85. The van der Waals surface area contributed by atoms with Crippen molar-refractivity contribution >= 4 is 5.82 Å². The van der Waals surface area contributed by atoms with Gasteiger partial charge in [-0.3, -0.25) is 0 Å². The Balaban J connectivity index is 1.74. The third kappa shape index (κ3) is 3.81. The van der Waals surface area contributed by atoms with E-state index in [-0.39, 0.29) is 11.7 Å². The van der Waals surface area contributed by atoms with Gasteiger partial charge in [0.1, 0.15) is 24.5 Å². The van der Waals surface area contributed by atoms with E-state index in [9.17, 15) is 5.26 Å². The van der Waals surface area contributed by atoms with Crippen LogP contribution in [0, 0.1) is 11.3 Å². The Bertz CT molecular complexity index is 727. The zero-order valence-corrected chi connectivity index (χ0v) is 13.8. The molecule has 3 rings (SSSR count). The zero-order valence-electron chi connectivity index (χ0n) is 13.8. The summed E-state index contributed by atoms with van der Waals surface area (Å²) in [6, 6.07) is 11.8. The highest BCUT2D eigenvalue weighted by molar-refractivity contribution is 5.50. The standard InChI is InChI=1S/C18H20N4O2/c1-18(2)13-22(17-16(10-19)20-8-9-21-17)11-15(24-18)12-23-14-6-4-3-5-7-14/h3-9,15H,11-13H2,1-2H3. The molecular weight excluding hydrogens is 304 g/mol. The SMILES string of the molecule is CC1(C)CN(c2nccnc2C#N)CC(COc2ccccc2)O1. The number of para-hydroxylation sites is 1. The molecule has 6 heteroatoms. The number of nitriles is 1. The summed E-state index contributed by atoms with van der Waals surface area (Å²) in [6.45, 7) is 5.73. The van der Waals surface area contributed by atoms with Crippen molar-refractivity contribution in [2.75, 3.05) is 24.6 Å². The molecule has 1 saturated heterocycles. The van der Waals surface area contributed by atoms with Crippen molar-refractivity contribution in [1.29, 1.82) is 5.26 Å². The van der Waals surface area contributed by atoms with Crippen LogP contribution >= 0.6 is 0 Å². The van der Waals surface area contributed by atoms with Gasteiger partial charge in [-0.15, -0.1) is 0 Å². The number of hydrogen-bond donors (Lipinski definition) is 0.